The Kier molecular flexibility index (Phi) is 6.70. The van der Waals surface area contributed by atoms with Gasteiger partial charge in [-0.05, 0) is 24.6 Å². The number of hydrogen-bond donors (Lipinski definition) is 1. The zero-order valence-electron chi connectivity index (χ0n) is 12.0. The minimum absolute atomic E-state index is 0.0923. The molecule has 0 atom stereocenters. The van der Waals surface area contributed by atoms with E-state index in [-0.39, 0.29) is 18.4 Å². The molecule has 5 heteroatoms. The first-order valence-electron chi connectivity index (χ1n) is 6.85. The summed E-state index contributed by atoms with van der Waals surface area (Å²) >= 11 is 0. The molecule has 0 saturated heterocycles. The van der Waals surface area contributed by atoms with Crippen LogP contribution in [-0.2, 0) is 9.59 Å². The highest BCUT2D eigenvalue weighted by atomic mass is 19.1. The predicted molar refractivity (Wildman–Crippen MR) is 77.0 cm³/mol. The summed E-state index contributed by atoms with van der Waals surface area (Å²) < 4.78 is 13.2. The van der Waals surface area contributed by atoms with E-state index in [1.165, 1.54) is 30.0 Å². The van der Waals surface area contributed by atoms with Crippen molar-refractivity contribution in [1.29, 1.82) is 0 Å². The molecule has 20 heavy (non-hydrogen) atoms. The molecule has 0 aliphatic rings. The summed E-state index contributed by atoms with van der Waals surface area (Å²) in [6, 6.07) is 5.66. The molecule has 0 bridgehead atoms. The van der Waals surface area contributed by atoms with E-state index in [9.17, 15) is 14.0 Å². The summed E-state index contributed by atoms with van der Waals surface area (Å²) in [7, 11) is 0. The summed E-state index contributed by atoms with van der Waals surface area (Å²) in [6.07, 6.45) is 3.06. The molecular weight excluding hydrogens is 259 g/mol. The van der Waals surface area contributed by atoms with Crippen LogP contribution in [0.5, 0.6) is 0 Å². The first-order chi connectivity index (χ1) is 9.54. The van der Waals surface area contributed by atoms with Gasteiger partial charge in [-0.2, -0.15) is 0 Å². The van der Waals surface area contributed by atoms with Gasteiger partial charge in [0.1, 0.15) is 12.4 Å². The molecule has 2 amide bonds. The maximum atomic E-state index is 13.2. The average Bonchev–Trinajstić information content (AvgIpc) is 2.40. The number of benzene rings is 1. The Balaban J connectivity index is 2.59. The monoisotopic (exact) mass is 280 g/mol. The lowest BCUT2D eigenvalue weighted by atomic mass is 10.2. The molecule has 1 rings (SSSR count). The number of halogens is 1. The molecule has 1 aromatic rings. The second kappa shape index (κ2) is 8.30. The van der Waals surface area contributed by atoms with Crippen molar-refractivity contribution in [3.05, 3.63) is 30.1 Å². The third kappa shape index (κ3) is 5.38. The van der Waals surface area contributed by atoms with Crippen molar-refractivity contribution < 1.29 is 14.0 Å². The van der Waals surface area contributed by atoms with Crippen molar-refractivity contribution in [2.75, 3.05) is 18.0 Å². The third-order valence-corrected chi connectivity index (χ3v) is 2.90. The molecule has 4 nitrogen and oxygen atoms in total. The van der Waals surface area contributed by atoms with Crippen molar-refractivity contribution in [1.82, 2.24) is 5.32 Å². The van der Waals surface area contributed by atoms with E-state index < -0.39 is 5.82 Å². The quantitative estimate of drug-likeness (QED) is 0.780. The maximum absolute atomic E-state index is 13.2. The molecule has 110 valence electrons. The number of amides is 2. The third-order valence-electron chi connectivity index (χ3n) is 2.90. The minimum Gasteiger partial charge on any atom is -0.355 e. The molecule has 1 aromatic carbocycles. The van der Waals surface area contributed by atoms with Gasteiger partial charge in [0.25, 0.3) is 0 Å². The molecule has 0 aromatic heterocycles. The lowest BCUT2D eigenvalue weighted by molar-refractivity contribution is -0.123. The van der Waals surface area contributed by atoms with Crippen LogP contribution in [0.2, 0.25) is 0 Å². The van der Waals surface area contributed by atoms with Crippen LogP contribution in [0.3, 0.4) is 0 Å². The molecule has 0 heterocycles. The van der Waals surface area contributed by atoms with Gasteiger partial charge in [-0.25, -0.2) is 4.39 Å². The van der Waals surface area contributed by atoms with Gasteiger partial charge in [0.05, 0.1) is 0 Å². The van der Waals surface area contributed by atoms with Gasteiger partial charge in [0.15, 0.2) is 0 Å². The molecule has 0 spiro atoms. The first-order valence-corrected chi connectivity index (χ1v) is 6.85. The molecular formula is C15H21FN2O2. The van der Waals surface area contributed by atoms with E-state index in [2.05, 4.69) is 12.2 Å². The second-order valence-corrected chi connectivity index (χ2v) is 4.64. The van der Waals surface area contributed by atoms with Gasteiger partial charge in [0.2, 0.25) is 11.8 Å². The topological polar surface area (TPSA) is 49.4 Å². The van der Waals surface area contributed by atoms with Gasteiger partial charge in [-0.3, -0.25) is 9.59 Å². The normalized spacial score (nSPS) is 10.2. The van der Waals surface area contributed by atoms with Gasteiger partial charge >= 0.3 is 0 Å². The number of anilines is 1. The second-order valence-electron chi connectivity index (χ2n) is 4.64. The Morgan fingerprint density at radius 1 is 1.30 bits per heavy atom. The summed E-state index contributed by atoms with van der Waals surface area (Å²) in [5.74, 6) is -0.961. The van der Waals surface area contributed by atoms with Crippen LogP contribution in [0.15, 0.2) is 24.3 Å². The van der Waals surface area contributed by atoms with Crippen LogP contribution in [-0.4, -0.2) is 24.9 Å². The number of rotatable bonds is 7. The largest absolute Gasteiger partial charge is 0.355 e. The maximum Gasteiger partial charge on any atom is 0.240 e. The zero-order valence-corrected chi connectivity index (χ0v) is 12.0. The standard InChI is InChI=1S/C15H21FN2O2/c1-3-4-5-9-17-15(20)11-18(12(2)19)14-8-6-7-13(16)10-14/h6-8,10H,3-5,9,11H2,1-2H3,(H,17,20). The molecule has 0 unspecified atom stereocenters. The van der Waals surface area contributed by atoms with Gasteiger partial charge in [-0.15, -0.1) is 0 Å². The summed E-state index contributed by atoms with van der Waals surface area (Å²) in [6.45, 7) is 3.95. The number of carbonyl (C=O) groups excluding carboxylic acids is 2. The van der Waals surface area contributed by atoms with Crippen LogP contribution >= 0.6 is 0 Å². The number of unbranched alkanes of at least 4 members (excludes halogenated alkanes) is 2. The van der Waals surface area contributed by atoms with Crippen LogP contribution in [0.4, 0.5) is 10.1 Å². The molecule has 0 radical (unpaired) electrons. The van der Waals surface area contributed by atoms with Crippen LogP contribution in [0.25, 0.3) is 0 Å². The van der Waals surface area contributed by atoms with Crippen molar-refractivity contribution in [2.24, 2.45) is 0 Å². The highest BCUT2D eigenvalue weighted by Gasteiger charge is 2.15. The Morgan fingerprint density at radius 2 is 2.05 bits per heavy atom. The summed E-state index contributed by atoms with van der Waals surface area (Å²) in [4.78, 5) is 24.6. The molecule has 0 saturated carbocycles. The van der Waals surface area contributed by atoms with Gasteiger partial charge < -0.3 is 10.2 Å². The molecule has 0 aliphatic carbocycles. The fourth-order valence-corrected chi connectivity index (χ4v) is 1.83. The Labute approximate surface area is 119 Å². The van der Waals surface area contributed by atoms with Crippen molar-refractivity contribution in [2.45, 2.75) is 33.1 Å². The molecule has 1 N–H and O–H groups in total. The lowest BCUT2D eigenvalue weighted by Crippen LogP contribution is -2.40. The van der Waals surface area contributed by atoms with Crippen molar-refractivity contribution >= 4 is 17.5 Å². The van der Waals surface area contributed by atoms with Gasteiger partial charge in [0, 0.05) is 19.2 Å². The first kappa shape index (κ1) is 16.1. The average molecular weight is 280 g/mol. The Hall–Kier alpha value is -1.91. The fourth-order valence-electron chi connectivity index (χ4n) is 1.83. The highest BCUT2D eigenvalue weighted by Crippen LogP contribution is 2.15. The number of nitrogens with one attached hydrogen (secondary N) is 1. The van der Waals surface area contributed by atoms with E-state index in [1.807, 2.05) is 0 Å². The predicted octanol–water partition coefficient (Wildman–Crippen LogP) is 2.49. The van der Waals surface area contributed by atoms with Crippen molar-refractivity contribution in [3.63, 3.8) is 0 Å². The van der Waals surface area contributed by atoms with Crippen molar-refractivity contribution in [3.8, 4) is 0 Å². The lowest BCUT2D eigenvalue weighted by Gasteiger charge is -2.20. The SMILES string of the molecule is CCCCCNC(=O)CN(C(C)=O)c1cccc(F)c1. The van der Waals surface area contributed by atoms with E-state index in [0.29, 0.717) is 12.2 Å². The number of nitrogens with zero attached hydrogens (tertiary/aromatic N) is 1. The molecule has 0 fully saturated rings. The zero-order chi connectivity index (χ0) is 15.0. The number of hydrogen-bond acceptors (Lipinski definition) is 2. The van der Waals surface area contributed by atoms with Crippen LogP contribution in [0, 0.1) is 5.82 Å². The summed E-state index contributed by atoms with van der Waals surface area (Å²) in [5.41, 5.74) is 0.390. The summed E-state index contributed by atoms with van der Waals surface area (Å²) in [5, 5.41) is 2.76. The minimum atomic E-state index is -0.433. The van der Waals surface area contributed by atoms with E-state index in [1.54, 1.807) is 6.07 Å². The van der Waals surface area contributed by atoms with E-state index in [0.717, 1.165) is 19.3 Å². The van der Waals surface area contributed by atoms with E-state index >= 15 is 0 Å². The van der Waals surface area contributed by atoms with Gasteiger partial charge in [-0.1, -0.05) is 25.8 Å². The highest BCUT2D eigenvalue weighted by molar-refractivity contribution is 5.97. The van der Waals surface area contributed by atoms with Crippen LogP contribution < -0.4 is 10.2 Å². The Bertz CT molecular complexity index is 463. The van der Waals surface area contributed by atoms with E-state index in [4.69, 9.17) is 0 Å². The smallest absolute Gasteiger partial charge is 0.240 e. The van der Waals surface area contributed by atoms with Crippen LogP contribution in [0.1, 0.15) is 33.1 Å². The number of carbonyl (C=O) groups is 2. The molecule has 0 aliphatic heterocycles. The Morgan fingerprint density at radius 3 is 2.65 bits per heavy atom. The fraction of sp³-hybridized carbons (Fsp3) is 0.467.